The molecule has 0 bridgehead atoms. The molecule has 21 heavy (non-hydrogen) atoms. The summed E-state index contributed by atoms with van der Waals surface area (Å²) in [7, 11) is -3.96. The molecule has 1 aliphatic rings. The number of fused-ring (bicyclic) bond motifs is 1. The van der Waals surface area contributed by atoms with Crippen molar-refractivity contribution in [3.05, 3.63) is 18.0 Å². The van der Waals surface area contributed by atoms with Crippen molar-refractivity contribution in [2.24, 2.45) is 0 Å². The van der Waals surface area contributed by atoms with Crippen LogP contribution in [0, 0.1) is 0 Å². The van der Waals surface area contributed by atoms with Crippen molar-refractivity contribution in [1.82, 2.24) is 14.9 Å². The van der Waals surface area contributed by atoms with Crippen LogP contribution in [0.25, 0.3) is 11.1 Å². The zero-order valence-corrected chi connectivity index (χ0v) is 11.9. The Kier molecular flexibility index (Phi) is 3.18. The van der Waals surface area contributed by atoms with Crippen molar-refractivity contribution in [3.63, 3.8) is 0 Å². The molecule has 9 heteroatoms. The molecule has 1 fully saturated rings. The summed E-state index contributed by atoms with van der Waals surface area (Å²) in [6, 6.07) is 0.194. The van der Waals surface area contributed by atoms with Crippen molar-refractivity contribution in [2.45, 2.75) is 36.6 Å². The first-order valence-electron chi connectivity index (χ1n) is 6.39. The van der Waals surface area contributed by atoms with Gasteiger partial charge in [0.15, 0.2) is 0 Å². The van der Waals surface area contributed by atoms with Crippen LogP contribution in [0.1, 0.15) is 31.4 Å². The van der Waals surface area contributed by atoms with Crippen molar-refractivity contribution >= 4 is 27.1 Å². The number of carboxylic acids is 1. The highest BCUT2D eigenvalue weighted by Gasteiger charge is 2.30. The van der Waals surface area contributed by atoms with Crippen LogP contribution < -0.4 is 4.72 Å². The Labute approximate surface area is 120 Å². The standard InChI is InChI=1S/C12H13N3O5S/c1-6(12(16)17)15-21(18,19)8-4-9-10(7-2-3-7)14-20-11(9)13-5-8/h4-7,15H,2-3H2,1H3,(H,16,17)/t6-/m1/s1. The lowest BCUT2D eigenvalue weighted by Crippen LogP contribution is -2.38. The second kappa shape index (κ2) is 4.78. The fourth-order valence-electron chi connectivity index (χ4n) is 1.98. The average Bonchev–Trinajstić information content (AvgIpc) is 3.17. The minimum Gasteiger partial charge on any atom is -0.480 e. The molecule has 2 aromatic heterocycles. The number of hydrogen-bond acceptors (Lipinski definition) is 6. The Morgan fingerprint density at radius 1 is 1.52 bits per heavy atom. The minimum atomic E-state index is -3.96. The van der Waals surface area contributed by atoms with E-state index in [9.17, 15) is 13.2 Å². The Hall–Kier alpha value is -2.00. The molecule has 0 unspecified atom stereocenters. The second-order valence-electron chi connectivity index (χ2n) is 5.05. The molecule has 0 amide bonds. The summed E-state index contributed by atoms with van der Waals surface area (Å²) < 4.78 is 31.4. The zero-order chi connectivity index (χ0) is 15.2. The minimum absolute atomic E-state index is 0.104. The molecule has 0 aliphatic heterocycles. The highest BCUT2D eigenvalue weighted by atomic mass is 32.2. The fourth-order valence-corrected chi connectivity index (χ4v) is 3.15. The maximum atomic E-state index is 12.1. The van der Waals surface area contributed by atoms with E-state index in [1.165, 1.54) is 13.0 Å². The van der Waals surface area contributed by atoms with Crippen LogP contribution in [0.2, 0.25) is 0 Å². The maximum Gasteiger partial charge on any atom is 0.321 e. The van der Waals surface area contributed by atoms with E-state index < -0.39 is 22.0 Å². The van der Waals surface area contributed by atoms with Gasteiger partial charge in [0.2, 0.25) is 10.0 Å². The Balaban J connectivity index is 1.99. The predicted molar refractivity (Wildman–Crippen MR) is 71.2 cm³/mol. The number of hydrogen-bond donors (Lipinski definition) is 2. The van der Waals surface area contributed by atoms with Crippen molar-refractivity contribution < 1.29 is 22.8 Å². The molecular formula is C12H13N3O5S. The lowest BCUT2D eigenvalue weighted by atomic mass is 10.2. The summed E-state index contributed by atoms with van der Waals surface area (Å²) in [5, 5.41) is 13.3. The number of rotatable bonds is 5. The first-order valence-corrected chi connectivity index (χ1v) is 7.87. The summed E-state index contributed by atoms with van der Waals surface area (Å²) in [4.78, 5) is 14.6. The topological polar surface area (TPSA) is 122 Å². The molecule has 112 valence electrons. The zero-order valence-electron chi connectivity index (χ0n) is 11.1. The van der Waals surface area contributed by atoms with Gasteiger partial charge in [0.1, 0.15) is 10.9 Å². The highest BCUT2D eigenvalue weighted by Crippen LogP contribution is 2.42. The smallest absolute Gasteiger partial charge is 0.321 e. The van der Waals surface area contributed by atoms with E-state index >= 15 is 0 Å². The lowest BCUT2D eigenvalue weighted by Gasteiger charge is -2.09. The normalized spacial score (nSPS) is 17.0. The molecule has 2 N–H and O–H groups in total. The largest absolute Gasteiger partial charge is 0.480 e. The lowest BCUT2D eigenvalue weighted by molar-refractivity contribution is -0.138. The Bertz CT molecular complexity index is 809. The van der Waals surface area contributed by atoms with Gasteiger partial charge in [-0.2, -0.15) is 4.72 Å². The van der Waals surface area contributed by atoms with E-state index in [1.807, 2.05) is 0 Å². The van der Waals surface area contributed by atoms with Crippen LogP contribution in [0.15, 0.2) is 21.7 Å². The molecule has 1 aliphatic carbocycles. The van der Waals surface area contributed by atoms with Crippen LogP contribution in [-0.4, -0.2) is 35.7 Å². The van der Waals surface area contributed by atoms with Gasteiger partial charge in [-0.3, -0.25) is 4.79 Å². The number of pyridine rings is 1. The van der Waals surface area contributed by atoms with Crippen molar-refractivity contribution in [2.75, 3.05) is 0 Å². The number of nitrogens with zero attached hydrogens (tertiary/aromatic N) is 2. The summed E-state index contributed by atoms with van der Waals surface area (Å²) in [6.45, 7) is 1.25. The molecular weight excluding hydrogens is 298 g/mol. The maximum absolute atomic E-state index is 12.1. The van der Waals surface area contributed by atoms with Crippen LogP contribution in [0.4, 0.5) is 0 Å². The predicted octanol–water partition coefficient (Wildman–Crippen LogP) is 0.852. The fraction of sp³-hybridized carbons (Fsp3) is 0.417. The van der Waals surface area contributed by atoms with Gasteiger partial charge < -0.3 is 9.63 Å². The van der Waals surface area contributed by atoms with E-state index in [1.54, 1.807) is 0 Å². The third kappa shape index (κ3) is 2.61. The van der Waals surface area contributed by atoms with Gasteiger partial charge in [0, 0.05) is 5.92 Å². The molecule has 2 aromatic rings. The van der Waals surface area contributed by atoms with Crippen molar-refractivity contribution in [3.8, 4) is 0 Å². The van der Waals surface area contributed by atoms with Gasteiger partial charge in [-0.15, -0.1) is 0 Å². The van der Waals surface area contributed by atoms with Gasteiger partial charge in [-0.25, -0.2) is 13.4 Å². The third-order valence-corrected chi connectivity index (χ3v) is 4.82. The van der Waals surface area contributed by atoms with E-state index in [-0.39, 0.29) is 16.5 Å². The van der Waals surface area contributed by atoms with Gasteiger partial charge in [0.05, 0.1) is 17.3 Å². The first-order chi connectivity index (χ1) is 9.88. The van der Waals surface area contributed by atoms with E-state index in [2.05, 4.69) is 14.9 Å². The second-order valence-corrected chi connectivity index (χ2v) is 6.76. The molecule has 2 heterocycles. The molecule has 1 saturated carbocycles. The summed E-state index contributed by atoms with van der Waals surface area (Å²) in [5.74, 6) is -0.965. The highest BCUT2D eigenvalue weighted by molar-refractivity contribution is 7.89. The average molecular weight is 311 g/mol. The van der Waals surface area contributed by atoms with Crippen LogP contribution >= 0.6 is 0 Å². The van der Waals surface area contributed by atoms with Gasteiger partial charge in [-0.05, 0) is 25.8 Å². The molecule has 0 spiro atoms. The summed E-state index contributed by atoms with van der Waals surface area (Å²) in [6.07, 6.45) is 3.11. The van der Waals surface area contributed by atoms with Crippen molar-refractivity contribution in [1.29, 1.82) is 0 Å². The van der Waals surface area contributed by atoms with Gasteiger partial charge >= 0.3 is 5.97 Å². The Morgan fingerprint density at radius 2 is 2.24 bits per heavy atom. The molecule has 0 saturated heterocycles. The number of carbonyl (C=O) groups is 1. The number of aliphatic carboxylic acids is 1. The SMILES string of the molecule is C[C@@H](NS(=O)(=O)c1cnc2onc(C3CC3)c2c1)C(=O)O. The Morgan fingerprint density at radius 3 is 2.86 bits per heavy atom. The molecule has 0 aromatic carbocycles. The molecule has 0 radical (unpaired) electrons. The summed E-state index contributed by atoms with van der Waals surface area (Å²) >= 11 is 0. The van der Waals surface area contributed by atoms with E-state index in [0.29, 0.717) is 11.1 Å². The number of nitrogens with one attached hydrogen (secondary N) is 1. The molecule has 1 atom stereocenters. The molecule has 3 rings (SSSR count). The van der Waals surface area contributed by atoms with E-state index in [0.717, 1.165) is 19.0 Å². The summed E-state index contributed by atoms with van der Waals surface area (Å²) in [5.41, 5.74) is 0.989. The first kappa shape index (κ1) is 14.0. The third-order valence-electron chi connectivity index (χ3n) is 3.31. The molecule has 8 nitrogen and oxygen atoms in total. The van der Waals surface area contributed by atoms with Crippen LogP contribution in [0.3, 0.4) is 0 Å². The van der Waals surface area contributed by atoms with E-state index in [4.69, 9.17) is 9.63 Å². The number of aromatic nitrogens is 2. The quantitative estimate of drug-likeness (QED) is 0.839. The van der Waals surface area contributed by atoms with Gasteiger partial charge in [0.25, 0.3) is 5.71 Å². The van der Waals surface area contributed by atoms with Gasteiger partial charge in [-0.1, -0.05) is 5.16 Å². The number of carboxylic acid groups (broad SMARTS) is 1. The number of sulfonamides is 1. The van der Waals surface area contributed by atoms with Crippen LogP contribution in [-0.2, 0) is 14.8 Å². The monoisotopic (exact) mass is 311 g/mol. The van der Waals surface area contributed by atoms with Crippen LogP contribution in [0.5, 0.6) is 0 Å².